The number of amides is 2. The SMILES string of the molecule is CCOc1ccc(NC(=O)c2ccc(NC(=O)c3ccccc3SCC3CCCO3)cc2)cc1. The lowest BCUT2D eigenvalue weighted by Crippen LogP contribution is -2.15. The van der Waals surface area contributed by atoms with Gasteiger partial charge < -0.3 is 20.1 Å². The molecule has 1 fully saturated rings. The number of hydrogen-bond donors (Lipinski definition) is 2. The van der Waals surface area contributed by atoms with Gasteiger partial charge in [0.25, 0.3) is 11.8 Å². The van der Waals surface area contributed by atoms with E-state index in [1.165, 1.54) is 0 Å². The van der Waals surface area contributed by atoms with Crippen molar-refractivity contribution in [2.45, 2.75) is 30.8 Å². The number of thioether (sulfide) groups is 1. The monoisotopic (exact) mass is 476 g/mol. The van der Waals surface area contributed by atoms with Crippen LogP contribution in [0.3, 0.4) is 0 Å². The smallest absolute Gasteiger partial charge is 0.256 e. The summed E-state index contributed by atoms with van der Waals surface area (Å²) in [5, 5.41) is 5.79. The van der Waals surface area contributed by atoms with Crippen molar-refractivity contribution in [3.63, 3.8) is 0 Å². The zero-order chi connectivity index (χ0) is 23.8. The molecule has 7 heteroatoms. The van der Waals surface area contributed by atoms with Gasteiger partial charge in [-0.25, -0.2) is 0 Å². The highest BCUT2D eigenvalue weighted by Gasteiger charge is 2.18. The number of carbonyl (C=O) groups is 2. The molecule has 0 saturated carbocycles. The lowest BCUT2D eigenvalue weighted by molar-refractivity contribution is 0.101. The van der Waals surface area contributed by atoms with Gasteiger partial charge in [0.15, 0.2) is 0 Å². The number of ether oxygens (including phenoxy) is 2. The first-order valence-electron chi connectivity index (χ1n) is 11.4. The molecule has 1 heterocycles. The predicted octanol–water partition coefficient (Wildman–Crippen LogP) is 5.86. The average molecular weight is 477 g/mol. The number of rotatable bonds is 9. The van der Waals surface area contributed by atoms with Crippen molar-refractivity contribution in [1.29, 1.82) is 0 Å². The molecule has 2 amide bonds. The van der Waals surface area contributed by atoms with Crippen LogP contribution in [0.25, 0.3) is 0 Å². The predicted molar refractivity (Wildman–Crippen MR) is 136 cm³/mol. The van der Waals surface area contributed by atoms with Crippen LogP contribution in [-0.2, 0) is 4.74 Å². The Hall–Kier alpha value is -3.29. The molecule has 2 N–H and O–H groups in total. The van der Waals surface area contributed by atoms with Gasteiger partial charge >= 0.3 is 0 Å². The van der Waals surface area contributed by atoms with Crippen molar-refractivity contribution >= 4 is 35.0 Å². The fourth-order valence-corrected chi connectivity index (χ4v) is 4.77. The van der Waals surface area contributed by atoms with E-state index in [9.17, 15) is 9.59 Å². The van der Waals surface area contributed by atoms with Crippen molar-refractivity contribution in [3.8, 4) is 5.75 Å². The third-order valence-corrected chi connectivity index (χ3v) is 6.61. The molecule has 0 radical (unpaired) electrons. The topological polar surface area (TPSA) is 76.7 Å². The molecule has 176 valence electrons. The van der Waals surface area contributed by atoms with Gasteiger partial charge in [0, 0.05) is 34.2 Å². The molecular weight excluding hydrogens is 448 g/mol. The van der Waals surface area contributed by atoms with Gasteiger partial charge in [0.05, 0.1) is 18.3 Å². The molecule has 0 bridgehead atoms. The number of nitrogens with one attached hydrogen (secondary N) is 2. The van der Waals surface area contributed by atoms with Crippen LogP contribution in [0.4, 0.5) is 11.4 Å². The summed E-state index contributed by atoms with van der Waals surface area (Å²) in [5.74, 6) is 1.19. The van der Waals surface area contributed by atoms with E-state index in [1.807, 2.05) is 43.3 Å². The Morgan fingerprint density at radius 3 is 2.29 bits per heavy atom. The van der Waals surface area contributed by atoms with Crippen molar-refractivity contribution < 1.29 is 19.1 Å². The fraction of sp³-hybridized carbons (Fsp3) is 0.259. The van der Waals surface area contributed by atoms with Gasteiger partial charge in [0.2, 0.25) is 0 Å². The van der Waals surface area contributed by atoms with Crippen LogP contribution in [0.15, 0.2) is 77.7 Å². The van der Waals surface area contributed by atoms with Crippen molar-refractivity contribution in [2.75, 3.05) is 29.6 Å². The quantitative estimate of drug-likeness (QED) is 0.378. The third-order valence-electron chi connectivity index (χ3n) is 5.41. The van der Waals surface area contributed by atoms with Crippen molar-refractivity contribution in [1.82, 2.24) is 0 Å². The van der Waals surface area contributed by atoms with Crippen LogP contribution in [0.1, 0.15) is 40.5 Å². The van der Waals surface area contributed by atoms with Crippen LogP contribution < -0.4 is 15.4 Å². The first-order chi connectivity index (χ1) is 16.6. The van der Waals surface area contributed by atoms with Crippen LogP contribution in [0.2, 0.25) is 0 Å². The van der Waals surface area contributed by atoms with Crippen molar-refractivity contribution in [3.05, 3.63) is 83.9 Å². The summed E-state index contributed by atoms with van der Waals surface area (Å²) in [7, 11) is 0. The van der Waals surface area contributed by atoms with E-state index in [2.05, 4.69) is 10.6 Å². The molecule has 6 nitrogen and oxygen atoms in total. The Kier molecular flexibility index (Phi) is 8.22. The van der Waals surface area contributed by atoms with Gasteiger partial charge in [-0.1, -0.05) is 12.1 Å². The van der Waals surface area contributed by atoms with Gasteiger partial charge in [-0.05, 0) is 80.4 Å². The van der Waals surface area contributed by atoms with Gasteiger partial charge in [-0.2, -0.15) is 0 Å². The molecule has 1 saturated heterocycles. The van der Waals surface area contributed by atoms with E-state index in [0.29, 0.717) is 29.1 Å². The van der Waals surface area contributed by atoms with Crippen LogP contribution in [-0.4, -0.2) is 36.9 Å². The number of anilines is 2. The Balaban J connectivity index is 1.35. The molecule has 1 aliphatic heterocycles. The Morgan fingerprint density at radius 1 is 0.941 bits per heavy atom. The van der Waals surface area contributed by atoms with Gasteiger partial charge in [-0.15, -0.1) is 11.8 Å². The largest absolute Gasteiger partial charge is 0.494 e. The zero-order valence-electron chi connectivity index (χ0n) is 19.1. The summed E-state index contributed by atoms with van der Waals surface area (Å²) in [5.41, 5.74) is 2.44. The minimum absolute atomic E-state index is 0.179. The highest BCUT2D eigenvalue weighted by Crippen LogP contribution is 2.27. The first kappa shape index (κ1) is 23.9. The van der Waals surface area contributed by atoms with Gasteiger partial charge in [-0.3, -0.25) is 9.59 Å². The van der Waals surface area contributed by atoms with E-state index in [0.717, 1.165) is 35.8 Å². The molecule has 1 atom stereocenters. The molecular formula is C27H28N2O4S. The maximum Gasteiger partial charge on any atom is 0.256 e. The summed E-state index contributed by atoms with van der Waals surface area (Å²) >= 11 is 1.65. The van der Waals surface area contributed by atoms with E-state index < -0.39 is 0 Å². The minimum atomic E-state index is -0.224. The molecule has 34 heavy (non-hydrogen) atoms. The zero-order valence-corrected chi connectivity index (χ0v) is 19.9. The summed E-state index contributed by atoms with van der Waals surface area (Å²) in [4.78, 5) is 26.4. The van der Waals surface area contributed by atoms with Crippen LogP contribution in [0.5, 0.6) is 5.75 Å². The standard InChI is InChI=1S/C27H28N2O4S/c1-2-32-22-15-13-21(14-16-22)28-26(30)19-9-11-20(12-10-19)29-27(31)24-7-3-4-8-25(24)34-18-23-6-5-17-33-23/h3-4,7-16,23H,2,5-6,17-18H2,1H3,(H,28,30)(H,29,31). The lowest BCUT2D eigenvalue weighted by atomic mass is 10.1. The minimum Gasteiger partial charge on any atom is -0.494 e. The van der Waals surface area contributed by atoms with Gasteiger partial charge in [0.1, 0.15) is 5.75 Å². The maximum atomic E-state index is 12.9. The van der Waals surface area contributed by atoms with Crippen LogP contribution in [0, 0.1) is 0 Å². The highest BCUT2D eigenvalue weighted by molar-refractivity contribution is 7.99. The molecule has 0 aromatic heterocycles. The number of carbonyl (C=O) groups excluding carboxylic acids is 2. The lowest BCUT2D eigenvalue weighted by Gasteiger charge is -2.13. The Bertz CT molecular complexity index is 1110. The summed E-state index contributed by atoms with van der Waals surface area (Å²) < 4.78 is 11.1. The fourth-order valence-electron chi connectivity index (χ4n) is 3.65. The first-order valence-corrected chi connectivity index (χ1v) is 12.4. The van der Waals surface area contributed by atoms with E-state index in [1.54, 1.807) is 48.2 Å². The summed E-state index contributed by atoms with van der Waals surface area (Å²) in [6, 6.07) is 21.6. The molecule has 0 spiro atoms. The second-order valence-electron chi connectivity index (χ2n) is 7.89. The second kappa shape index (κ2) is 11.7. The molecule has 1 aliphatic rings. The number of hydrogen-bond acceptors (Lipinski definition) is 5. The highest BCUT2D eigenvalue weighted by atomic mass is 32.2. The van der Waals surface area contributed by atoms with Crippen molar-refractivity contribution in [2.24, 2.45) is 0 Å². The van der Waals surface area contributed by atoms with Crippen LogP contribution >= 0.6 is 11.8 Å². The summed E-state index contributed by atoms with van der Waals surface area (Å²) in [6.07, 6.45) is 2.42. The maximum absolute atomic E-state index is 12.9. The second-order valence-corrected chi connectivity index (χ2v) is 8.95. The van der Waals surface area contributed by atoms with E-state index >= 15 is 0 Å². The molecule has 3 aromatic rings. The average Bonchev–Trinajstić information content (AvgIpc) is 3.38. The molecule has 0 aliphatic carbocycles. The number of benzene rings is 3. The Morgan fingerprint density at radius 2 is 1.62 bits per heavy atom. The molecule has 3 aromatic carbocycles. The van der Waals surface area contributed by atoms with E-state index in [-0.39, 0.29) is 17.9 Å². The Labute approximate surface area is 204 Å². The molecule has 4 rings (SSSR count). The normalized spacial score (nSPS) is 15.0. The molecule has 1 unspecified atom stereocenters. The summed E-state index contributed by atoms with van der Waals surface area (Å²) in [6.45, 7) is 3.34. The third kappa shape index (κ3) is 6.40. The van der Waals surface area contributed by atoms with E-state index in [4.69, 9.17) is 9.47 Å².